The van der Waals surface area contributed by atoms with Crippen molar-refractivity contribution in [3.63, 3.8) is 0 Å². The van der Waals surface area contributed by atoms with Crippen molar-refractivity contribution in [1.29, 1.82) is 0 Å². The first kappa shape index (κ1) is 17.6. The molecule has 0 saturated carbocycles. The van der Waals surface area contributed by atoms with Crippen LogP contribution in [0, 0.1) is 12.2 Å². The molecule has 1 aromatic carbocycles. The fourth-order valence-electron chi connectivity index (χ4n) is 1.57. The molecule has 2 rings (SSSR count). The normalized spacial score (nSPS) is 16.8. The summed E-state index contributed by atoms with van der Waals surface area (Å²) in [6.45, 7) is 0. The van der Waals surface area contributed by atoms with Crippen LogP contribution >= 0.6 is 0 Å². The maximum Gasteiger partial charge on any atom is 2.00 e. The van der Waals surface area contributed by atoms with Crippen molar-refractivity contribution >= 4 is 5.78 Å². The summed E-state index contributed by atoms with van der Waals surface area (Å²) < 4.78 is 0. The Bertz CT molecular complexity index is 728. The van der Waals surface area contributed by atoms with Gasteiger partial charge in [0.25, 0.3) is 0 Å². The minimum absolute atomic E-state index is 0. The van der Waals surface area contributed by atoms with Gasteiger partial charge in [0.15, 0.2) is 0 Å². The van der Waals surface area contributed by atoms with Crippen LogP contribution in [0.4, 0.5) is 0 Å². The van der Waals surface area contributed by atoms with Gasteiger partial charge >= 0.3 is 21.1 Å². The topological polar surface area (TPSA) is 118 Å². The molecule has 5 N–H and O–H groups in total. The third-order valence-corrected chi connectivity index (χ3v) is 2.59. The van der Waals surface area contributed by atoms with Crippen molar-refractivity contribution in [3.8, 4) is 11.5 Å². The first-order chi connectivity index (χ1) is 9.88. The molecule has 0 fully saturated rings. The Hall–Kier alpha value is -2.46. The quantitative estimate of drug-likeness (QED) is 0.250. The molecular weight excluding hydrogens is 471 g/mol. The number of rotatable bonds is 2. The van der Waals surface area contributed by atoms with Gasteiger partial charge in [0.05, 0.1) is 17.3 Å². The van der Waals surface area contributed by atoms with E-state index in [9.17, 15) is 25.2 Å². The molecule has 0 bridgehead atoms. The van der Waals surface area contributed by atoms with Crippen LogP contribution in [0.3, 0.4) is 0 Å². The maximum absolute atomic E-state index is 11.0. The summed E-state index contributed by atoms with van der Waals surface area (Å²) in [5.41, 5.74) is -0.0862. The number of benzene rings is 1. The van der Waals surface area contributed by atoms with Gasteiger partial charge in [0, 0.05) is 5.76 Å². The smallest absolute Gasteiger partial charge is 0.551 e. The second-order valence-corrected chi connectivity index (χ2v) is 4.12. The number of hydrogen-bond donors (Lipinski definition) is 5. The zero-order chi connectivity index (χ0) is 15.6. The summed E-state index contributed by atoms with van der Waals surface area (Å²) in [6.07, 6.45) is 6.54. The molecule has 0 radical (unpaired) electrons. The van der Waals surface area contributed by atoms with Gasteiger partial charge < -0.3 is 30.3 Å². The van der Waals surface area contributed by atoms with Gasteiger partial charge in [-0.2, -0.15) is 0 Å². The van der Waals surface area contributed by atoms with Gasteiger partial charge in [-0.3, -0.25) is 0 Å². The van der Waals surface area contributed by atoms with Crippen LogP contribution in [-0.4, -0.2) is 31.3 Å². The van der Waals surface area contributed by atoms with Crippen molar-refractivity contribution in [2.75, 3.05) is 0 Å². The molecule has 0 aliphatic heterocycles. The minimum Gasteiger partial charge on any atom is -0.551 e. The van der Waals surface area contributed by atoms with Crippen LogP contribution in [0.1, 0.15) is 5.56 Å². The number of phenols is 2. The van der Waals surface area contributed by atoms with E-state index in [1.54, 1.807) is 0 Å². The van der Waals surface area contributed by atoms with E-state index in [2.05, 4.69) is 12.2 Å². The van der Waals surface area contributed by atoms with E-state index in [1.807, 2.05) is 0 Å². The predicted molar refractivity (Wildman–Crippen MR) is 71.4 cm³/mol. The predicted octanol–water partition coefficient (Wildman–Crippen LogP) is 1.88. The summed E-state index contributed by atoms with van der Waals surface area (Å²) in [4.78, 5) is 11.0. The molecule has 0 saturated heterocycles. The Morgan fingerprint density at radius 2 is 1.77 bits per heavy atom. The van der Waals surface area contributed by atoms with Gasteiger partial charge in [-0.1, -0.05) is 35.9 Å². The molecule has 7 heteroatoms. The summed E-state index contributed by atoms with van der Waals surface area (Å²) in [6, 6.07) is 3.63. The van der Waals surface area contributed by atoms with E-state index in [0.29, 0.717) is 0 Å². The molecule has 22 heavy (non-hydrogen) atoms. The fraction of sp³-hybridized carbons (Fsp3) is 0. The van der Waals surface area contributed by atoms with Gasteiger partial charge in [0.1, 0.15) is 11.5 Å². The van der Waals surface area contributed by atoms with Crippen LogP contribution in [0.2, 0.25) is 0 Å². The number of aliphatic hydroxyl groups is 3. The second kappa shape index (κ2) is 7.00. The Balaban J connectivity index is 0.00000242. The summed E-state index contributed by atoms with van der Waals surface area (Å²) in [5, 5.41) is 47.5. The van der Waals surface area contributed by atoms with Gasteiger partial charge in [0.2, 0.25) is 0 Å². The van der Waals surface area contributed by atoms with Crippen molar-refractivity contribution in [2.24, 2.45) is 0 Å². The van der Waals surface area contributed by atoms with Crippen molar-refractivity contribution in [3.05, 3.63) is 70.9 Å². The monoisotopic (exact) mass is 481 g/mol. The van der Waals surface area contributed by atoms with Crippen molar-refractivity contribution < 1.29 is 51.4 Å². The first-order valence-electron chi connectivity index (χ1n) is 5.71. The molecule has 0 unspecified atom stereocenters. The van der Waals surface area contributed by atoms with Crippen LogP contribution in [0.25, 0.3) is 0 Å². The van der Waals surface area contributed by atoms with Gasteiger partial charge in [-0.05, 0) is 0 Å². The molecule has 0 amide bonds. The summed E-state index contributed by atoms with van der Waals surface area (Å²) in [5.74, 6) is -3.27. The molecule has 0 aromatic heterocycles. The number of phenolic OH excluding ortho intramolecular Hbond substituents is 2. The molecule has 1 aliphatic rings. The zero-order valence-corrected chi connectivity index (χ0v) is 13.1. The maximum atomic E-state index is 11.0. The zero-order valence-electron chi connectivity index (χ0n) is 10.8. The summed E-state index contributed by atoms with van der Waals surface area (Å²) >= 11 is 0. The fourth-order valence-corrected chi connectivity index (χ4v) is 1.57. The minimum atomic E-state index is -0.736. The molecule has 1 aromatic rings. The van der Waals surface area contributed by atoms with E-state index >= 15 is 0 Å². The Kier molecular flexibility index (Phi) is 5.60. The Labute approximate surface area is 139 Å². The van der Waals surface area contributed by atoms with Crippen LogP contribution in [0.5, 0.6) is 11.5 Å². The van der Waals surface area contributed by atoms with E-state index in [4.69, 9.17) is 5.11 Å². The number of aliphatic hydroxyl groups excluding tert-OH is 3. The summed E-state index contributed by atoms with van der Waals surface area (Å²) in [7, 11) is 0. The third kappa shape index (κ3) is 3.80. The third-order valence-electron chi connectivity index (χ3n) is 2.59. The molecule has 116 valence electrons. The van der Waals surface area contributed by atoms with Gasteiger partial charge in [-0.15, -0.1) is 17.7 Å². The Morgan fingerprint density at radius 1 is 1.09 bits per heavy atom. The number of carbonyl (C=O) groups is 1. The number of carbonyl (C=O) groups excluding carboxylic acids is 1. The number of aromatic hydroxyl groups is 2. The molecule has 6 nitrogen and oxygen atoms in total. The SMILES string of the molecule is O=C1C=[C-]/C(=C(/O)C(O)=[C-]c2ccc(O)c(O)c2)C(O)=C1.[Pt+2]. The number of allylic oxidation sites excluding steroid dienone is 3. The number of ketones is 1. The van der Waals surface area contributed by atoms with Crippen LogP contribution in [-0.2, 0) is 25.9 Å². The van der Waals surface area contributed by atoms with E-state index in [1.165, 1.54) is 12.1 Å². The largest absolute Gasteiger partial charge is 2.00 e. The standard InChI is InChI=1S/C15H10O6.Pt/c16-9-2-3-10(12(18)7-9)15(21)14(20)6-8-1-4-11(17)13(19)5-8;/h1-2,4-5,7,17-21H;/q-2;+2/b15-10-;. The van der Waals surface area contributed by atoms with Crippen molar-refractivity contribution in [2.45, 2.75) is 0 Å². The first-order valence-corrected chi connectivity index (χ1v) is 5.71. The molecule has 1 aliphatic carbocycles. The molecule has 0 atom stereocenters. The number of hydrogen-bond acceptors (Lipinski definition) is 6. The van der Waals surface area contributed by atoms with Crippen LogP contribution < -0.4 is 0 Å². The van der Waals surface area contributed by atoms with Crippen LogP contribution in [0.15, 0.2) is 53.2 Å². The average molecular weight is 481 g/mol. The van der Waals surface area contributed by atoms with E-state index in [0.717, 1.165) is 18.2 Å². The molecule has 0 heterocycles. The Morgan fingerprint density at radius 3 is 2.36 bits per heavy atom. The molecular formula is C15H10O6Pt. The van der Waals surface area contributed by atoms with Crippen molar-refractivity contribution in [1.82, 2.24) is 0 Å². The second-order valence-electron chi connectivity index (χ2n) is 4.12. The average Bonchev–Trinajstić information content (AvgIpc) is 2.42. The van der Waals surface area contributed by atoms with E-state index < -0.39 is 28.8 Å². The van der Waals surface area contributed by atoms with E-state index in [-0.39, 0.29) is 38.0 Å². The van der Waals surface area contributed by atoms with Gasteiger partial charge in [-0.25, -0.2) is 0 Å². The molecule has 0 spiro atoms.